The van der Waals surface area contributed by atoms with E-state index in [1.54, 1.807) is 7.11 Å². The van der Waals surface area contributed by atoms with E-state index in [0.29, 0.717) is 6.61 Å². The molecule has 0 aliphatic heterocycles. The third-order valence-electron chi connectivity index (χ3n) is 3.08. The normalized spacial score (nSPS) is 10.5. The van der Waals surface area contributed by atoms with Gasteiger partial charge in [0.25, 0.3) is 0 Å². The van der Waals surface area contributed by atoms with E-state index >= 15 is 0 Å². The van der Waals surface area contributed by atoms with Gasteiger partial charge < -0.3 is 9.47 Å². The summed E-state index contributed by atoms with van der Waals surface area (Å²) in [6.07, 6.45) is 2.11. The predicted molar refractivity (Wildman–Crippen MR) is 85.1 cm³/mol. The molecule has 2 nitrogen and oxygen atoms in total. The molecule has 0 aliphatic rings. The summed E-state index contributed by atoms with van der Waals surface area (Å²) in [4.78, 5) is 0. The van der Waals surface area contributed by atoms with Crippen molar-refractivity contribution >= 4 is 15.9 Å². The molecule has 0 aromatic heterocycles. The first-order valence-corrected chi connectivity index (χ1v) is 7.53. The molecule has 0 saturated carbocycles. The molecule has 0 radical (unpaired) electrons. The van der Waals surface area contributed by atoms with Crippen LogP contribution < -0.4 is 4.74 Å². The second-order valence-corrected chi connectivity index (χ2v) is 5.46. The number of ether oxygens (including phenoxy) is 2. The summed E-state index contributed by atoms with van der Waals surface area (Å²) in [6, 6.07) is 16.5. The van der Waals surface area contributed by atoms with Crippen LogP contribution in [0.15, 0.2) is 53.0 Å². The van der Waals surface area contributed by atoms with Crippen LogP contribution >= 0.6 is 15.9 Å². The van der Waals surface area contributed by atoms with Crippen molar-refractivity contribution < 1.29 is 9.47 Å². The van der Waals surface area contributed by atoms with E-state index in [4.69, 9.17) is 9.47 Å². The topological polar surface area (TPSA) is 18.5 Å². The third-order valence-corrected chi connectivity index (χ3v) is 3.70. The number of hydrogen-bond acceptors (Lipinski definition) is 2. The van der Waals surface area contributed by atoms with Crippen LogP contribution in [-0.2, 0) is 17.8 Å². The molecule has 0 spiro atoms. The Kier molecular flexibility index (Phi) is 6.09. The molecule has 0 heterocycles. The molecule has 2 aromatic carbocycles. The Morgan fingerprint density at radius 3 is 2.50 bits per heavy atom. The molecule has 0 amide bonds. The molecular formula is C17H19BrO2. The fraction of sp³-hybridized carbons (Fsp3) is 0.294. The Bertz CT molecular complexity index is 526. The summed E-state index contributed by atoms with van der Waals surface area (Å²) < 4.78 is 11.9. The minimum absolute atomic E-state index is 0.636. The monoisotopic (exact) mass is 334 g/mol. The summed E-state index contributed by atoms with van der Waals surface area (Å²) in [7, 11) is 1.67. The maximum atomic E-state index is 5.71. The molecule has 0 saturated heterocycles. The van der Waals surface area contributed by atoms with E-state index in [1.165, 1.54) is 5.56 Å². The van der Waals surface area contributed by atoms with Crippen LogP contribution in [0.5, 0.6) is 5.75 Å². The molecule has 2 aromatic rings. The van der Waals surface area contributed by atoms with Crippen molar-refractivity contribution in [2.24, 2.45) is 0 Å². The third kappa shape index (κ3) is 4.66. The van der Waals surface area contributed by atoms with E-state index in [1.807, 2.05) is 24.3 Å². The minimum atomic E-state index is 0.636. The molecule has 3 heteroatoms. The fourth-order valence-electron chi connectivity index (χ4n) is 2.01. The number of rotatable bonds is 7. The summed E-state index contributed by atoms with van der Waals surface area (Å²) in [5.74, 6) is 0.845. The van der Waals surface area contributed by atoms with E-state index in [0.717, 1.165) is 35.2 Å². The Morgan fingerprint density at radius 2 is 1.80 bits per heavy atom. The van der Waals surface area contributed by atoms with E-state index in [-0.39, 0.29) is 0 Å². The lowest BCUT2D eigenvalue weighted by atomic mass is 10.1. The zero-order chi connectivity index (χ0) is 14.2. The average molecular weight is 335 g/mol. The van der Waals surface area contributed by atoms with Crippen LogP contribution in [0.3, 0.4) is 0 Å². The average Bonchev–Trinajstić information content (AvgIpc) is 2.48. The first-order chi connectivity index (χ1) is 9.79. The van der Waals surface area contributed by atoms with Crippen LogP contribution in [0.4, 0.5) is 0 Å². The van der Waals surface area contributed by atoms with Crippen LogP contribution in [0, 0.1) is 0 Å². The van der Waals surface area contributed by atoms with Crippen molar-refractivity contribution in [2.75, 3.05) is 13.7 Å². The van der Waals surface area contributed by atoms with Gasteiger partial charge in [-0.2, -0.15) is 0 Å². The maximum absolute atomic E-state index is 5.71. The van der Waals surface area contributed by atoms with Crippen molar-refractivity contribution in [1.29, 1.82) is 0 Å². The largest absolute Gasteiger partial charge is 0.496 e. The highest BCUT2D eigenvalue weighted by Crippen LogP contribution is 2.25. The van der Waals surface area contributed by atoms with Crippen LogP contribution in [0.2, 0.25) is 0 Å². The highest BCUT2D eigenvalue weighted by molar-refractivity contribution is 9.10. The van der Waals surface area contributed by atoms with Crippen molar-refractivity contribution in [3.8, 4) is 5.75 Å². The molecule has 0 atom stereocenters. The van der Waals surface area contributed by atoms with Gasteiger partial charge >= 0.3 is 0 Å². The summed E-state index contributed by atoms with van der Waals surface area (Å²) in [5, 5.41) is 0. The lowest BCUT2D eigenvalue weighted by molar-refractivity contribution is 0.118. The minimum Gasteiger partial charge on any atom is -0.496 e. The van der Waals surface area contributed by atoms with Crippen LogP contribution in [0.25, 0.3) is 0 Å². The number of aryl methyl sites for hydroxylation is 1. The van der Waals surface area contributed by atoms with Gasteiger partial charge in [0, 0.05) is 6.61 Å². The fourth-order valence-corrected chi connectivity index (χ4v) is 2.60. The van der Waals surface area contributed by atoms with Crippen molar-refractivity contribution in [1.82, 2.24) is 0 Å². The zero-order valence-corrected chi connectivity index (χ0v) is 13.2. The van der Waals surface area contributed by atoms with Gasteiger partial charge in [-0.25, -0.2) is 0 Å². The zero-order valence-electron chi connectivity index (χ0n) is 11.6. The Morgan fingerprint density at radius 1 is 1.00 bits per heavy atom. The molecule has 2 rings (SSSR count). The summed E-state index contributed by atoms with van der Waals surface area (Å²) in [6.45, 7) is 1.41. The second kappa shape index (κ2) is 8.08. The number of hydrogen-bond donors (Lipinski definition) is 0. The van der Waals surface area contributed by atoms with Gasteiger partial charge in [-0.15, -0.1) is 0 Å². The first kappa shape index (κ1) is 15.1. The number of halogens is 1. The summed E-state index contributed by atoms with van der Waals surface area (Å²) in [5.41, 5.74) is 2.51. The highest BCUT2D eigenvalue weighted by atomic mass is 79.9. The Balaban J connectivity index is 1.69. The number of methoxy groups -OCH3 is 1. The first-order valence-electron chi connectivity index (χ1n) is 6.73. The molecule has 0 aliphatic carbocycles. The smallest absolute Gasteiger partial charge is 0.133 e. The van der Waals surface area contributed by atoms with E-state index in [9.17, 15) is 0 Å². The lowest BCUT2D eigenvalue weighted by Crippen LogP contribution is -1.98. The van der Waals surface area contributed by atoms with Gasteiger partial charge in [0.05, 0.1) is 18.2 Å². The predicted octanol–water partition coefficient (Wildman–Crippen LogP) is 4.61. The molecule has 20 heavy (non-hydrogen) atoms. The van der Waals surface area contributed by atoms with Crippen molar-refractivity contribution in [3.63, 3.8) is 0 Å². The molecule has 106 valence electrons. The van der Waals surface area contributed by atoms with E-state index < -0.39 is 0 Å². The maximum Gasteiger partial charge on any atom is 0.133 e. The van der Waals surface area contributed by atoms with Gasteiger partial charge in [0.1, 0.15) is 5.75 Å². The van der Waals surface area contributed by atoms with Crippen molar-refractivity contribution in [3.05, 3.63) is 64.1 Å². The molecule has 0 fully saturated rings. The van der Waals surface area contributed by atoms with Crippen molar-refractivity contribution in [2.45, 2.75) is 19.4 Å². The molecule has 0 bridgehead atoms. The van der Waals surface area contributed by atoms with Gasteiger partial charge in [-0.05, 0) is 52.0 Å². The van der Waals surface area contributed by atoms with Gasteiger partial charge in [-0.1, -0.05) is 36.4 Å². The SMILES string of the molecule is COc1ccc(COCCCc2ccccc2)cc1Br. The quantitative estimate of drug-likeness (QED) is 0.688. The lowest BCUT2D eigenvalue weighted by Gasteiger charge is -2.07. The van der Waals surface area contributed by atoms with Gasteiger partial charge in [0.2, 0.25) is 0 Å². The van der Waals surface area contributed by atoms with Gasteiger partial charge in [-0.3, -0.25) is 0 Å². The highest BCUT2D eigenvalue weighted by Gasteiger charge is 2.01. The Hall–Kier alpha value is -1.32. The number of benzene rings is 2. The van der Waals surface area contributed by atoms with Gasteiger partial charge in [0.15, 0.2) is 0 Å². The molecule has 0 N–H and O–H groups in total. The standard InChI is InChI=1S/C17H19BrO2/c1-19-17-10-9-15(12-16(17)18)13-20-11-5-8-14-6-3-2-4-7-14/h2-4,6-7,9-10,12H,5,8,11,13H2,1H3. The Labute approximate surface area is 128 Å². The van der Waals surface area contributed by atoms with E-state index in [2.05, 4.69) is 40.2 Å². The van der Waals surface area contributed by atoms with Crippen LogP contribution in [0.1, 0.15) is 17.5 Å². The molecular weight excluding hydrogens is 316 g/mol. The molecule has 0 unspecified atom stereocenters. The second-order valence-electron chi connectivity index (χ2n) is 4.61. The van der Waals surface area contributed by atoms with Crippen LogP contribution in [-0.4, -0.2) is 13.7 Å². The summed E-state index contributed by atoms with van der Waals surface area (Å²) >= 11 is 3.48.